The zero-order valence-corrected chi connectivity index (χ0v) is 11.0. The maximum absolute atomic E-state index is 11.2. The number of hydrogen-bond donors (Lipinski definition) is 1. The van der Waals surface area contributed by atoms with Gasteiger partial charge in [-0.2, -0.15) is 0 Å². The average molecular weight is 344 g/mol. The van der Waals surface area contributed by atoms with Crippen molar-refractivity contribution in [1.82, 2.24) is 0 Å². The fourth-order valence-corrected chi connectivity index (χ4v) is 1.82. The summed E-state index contributed by atoms with van der Waals surface area (Å²) in [6.45, 7) is 1.99. The maximum atomic E-state index is 11.2. The average Bonchev–Trinajstić information content (AvgIpc) is 2.09. The lowest BCUT2D eigenvalue weighted by Gasteiger charge is -2.08. The fourth-order valence-electron chi connectivity index (χ4n) is 0.909. The molecule has 2 nitrogen and oxygen atoms in total. The molecule has 0 spiro atoms. The molecule has 76 valence electrons. The third-order valence-electron chi connectivity index (χ3n) is 1.58. The Labute approximate surface area is 106 Å². The quantitative estimate of drug-likeness (QED) is 0.647. The zero-order chi connectivity index (χ0) is 10.7. The predicted molar refractivity (Wildman–Crippen MR) is 68.0 cm³/mol. The monoisotopic (exact) mass is 343 g/mol. The molecule has 0 atom stereocenters. The van der Waals surface area contributed by atoms with Gasteiger partial charge in [0, 0.05) is 3.57 Å². The van der Waals surface area contributed by atoms with Gasteiger partial charge in [-0.15, -0.1) is 0 Å². The number of alkyl halides is 2. The molecule has 0 aliphatic heterocycles. The summed E-state index contributed by atoms with van der Waals surface area (Å²) in [5, 5.41) is 2.63. The lowest BCUT2D eigenvalue weighted by Crippen LogP contribution is -2.19. The van der Waals surface area contributed by atoms with Crippen LogP contribution in [0.1, 0.15) is 5.56 Å². The fraction of sp³-hybridized carbons (Fsp3) is 0.222. The van der Waals surface area contributed by atoms with Gasteiger partial charge in [0.05, 0.1) is 5.69 Å². The second kappa shape index (κ2) is 5.19. The molecule has 1 N–H and O–H groups in total. The number of nitrogens with one attached hydrogen (secondary N) is 1. The van der Waals surface area contributed by atoms with Crippen molar-refractivity contribution >= 4 is 57.4 Å². The topological polar surface area (TPSA) is 29.1 Å². The Kier molecular flexibility index (Phi) is 4.47. The molecule has 0 saturated heterocycles. The highest BCUT2D eigenvalue weighted by atomic mass is 127. The van der Waals surface area contributed by atoms with Crippen molar-refractivity contribution in [2.24, 2.45) is 0 Å². The molecule has 0 radical (unpaired) electrons. The molecule has 0 aliphatic carbocycles. The smallest absolute Gasteiger partial charge is 0.257 e. The molecule has 1 aromatic carbocycles. The Morgan fingerprint density at radius 1 is 1.50 bits per heavy atom. The highest BCUT2D eigenvalue weighted by Crippen LogP contribution is 2.20. The largest absolute Gasteiger partial charge is 0.323 e. The number of carbonyl (C=O) groups is 1. The number of aryl methyl sites for hydroxylation is 1. The molecular formula is C9H8Cl2INO. The standard InChI is InChI=1S/C9H8Cl2INO/c1-5-2-3-7(6(12)4-5)13-9(14)8(10)11/h2-4,8H,1H3,(H,13,14). The summed E-state index contributed by atoms with van der Waals surface area (Å²) in [5.41, 5.74) is 1.87. The molecule has 14 heavy (non-hydrogen) atoms. The van der Waals surface area contributed by atoms with Crippen molar-refractivity contribution in [2.45, 2.75) is 11.8 Å². The number of anilines is 1. The summed E-state index contributed by atoms with van der Waals surface area (Å²) in [5.74, 6) is -0.407. The summed E-state index contributed by atoms with van der Waals surface area (Å²) in [6, 6.07) is 5.70. The van der Waals surface area contributed by atoms with E-state index in [1.807, 2.05) is 25.1 Å². The number of benzene rings is 1. The molecular weight excluding hydrogens is 336 g/mol. The van der Waals surface area contributed by atoms with Crippen molar-refractivity contribution in [3.63, 3.8) is 0 Å². The van der Waals surface area contributed by atoms with E-state index in [2.05, 4.69) is 27.9 Å². The van der Waals surface area contributed by atoms with E-state index in [4.69, 9.17) is 23.2 Å². The molecule has 0 bridgehead atoms. The lowest BCUT2D eigenvalue weighted by atomic mass is 10.2. The van der Waals surface area contributed by atoms with Gasteiger partial charge in [-0.25, -0.2) is 0 Å². The van der Waals surface area contributed by atoms with Gasteiger partial charge in [-0.05, 0) is 47.2 Å². The first kappa shape index (κ1) is 12.1. The third-order valence-corrected chi connectivity index (χ3v) is 2.87. The Morgan fingerprint density at radius 3 is 2.64 bits per heavy atom. The molecule has 1 amide bonds. The Hall–Kier alpha value is -0.000000000000000111. The minimum absolute atomic E-state index is 0.407. The van der Waals surface area contributed by atoms with Gasteiger partial charge < -0.3 is 5.32 Å². The summed E-state index contributed by atoms with van der Waals surface area (Å²) < 4.78 is 0.963. The molecule has 0 heterocycles. The van der Waals surface area contributed by atoms with E-state index in [1.165, 1.54) is 0 Å². The number of hydrogen-bond acceptors (Lipinski definition) is 1. The van der Waals surface area contributed by atoms with Crippen molar-refractivity contribution in [3.8, 4) is 0 Å². The van der Waals surface area contributed by atoms with E-state index in [-0.39, 0.29) is 0 Å². The number of rotatable bonds is 2. The van der Waals surface area contributed by atoms with Crippen molar-refractivity contribution < 1.29 is 4.79 Å². The number of halogens is 3. The van der Waals surface area contributed by atoms with E-state index >= 15 is 0 Å². The van der Waals surface area contributed by atoms with E-state index in [0.29, 0.717) is 0 Å². The van der Waals surface area contributed by atoms with Crippen molar-refractivity contribution in [3.05, 3.63) is 27.3 Å². The van der Waals surface area contributed by atoms with Crippen LogP contribution in [0, 0.1) is 10.5 Å². The molecule has 0 unspecified atom stereocenters. The second-order valence-corrected chi connectivity index (χ2v) is 5.03. The SMILES string of the molecule is Cc1ccc(NC(=O)C(Cl)Cl)c(I)c1. The van der Waals surface area contributed by atoms with Crippen LogP contribution >= 0.6 is 45.8 Å². The number of carbonyl (C=O) groups excluding carboxylic acids is 1. The normalized spacial score (nSPS) is 10.4. The van der Waals surface area contributed by atoms with Crippen LogP contribution in [-0.2, 0) is 4.79 Å². The van der Waals surface area contributed by atoms with Gasteiger partial charge in [0.15, 0.2) is 4.84 Å². The van der Waals surface area contributed by atoms with Gasteiger partial charge >= 0.3 is 0 Å². The summed E-state index contributed by atoms with van der Waals surface area (Å²) >= 11 is 13.0. The minimum atomic E-state index is -1.04. The molecule has 1 rings (SSSR count). The Morgan fingerprint density at radius 2 is 2.14 bits per heavy atom. The van der Waals surface area contributed by atoms with Gasteiger partial charge in [0.2, 0.25) is 0 Å². The van der Waals surface area contributed by atoms with Crippen LogP contribution in [0.4, 0.5) is 5.69 Å². The maximum Gasteiger partial charge on any atom is 0.257 e. The second-order valence-electron chi connectivity index (χ2n) is 2.77. The highest BCUT2D eigenvalue weighted by molar-refractivity contribution is 14.1. The van der Waals surface area contributed by atoms with E-state index in [9.17, 15) is 4.79 Å². The lowest BCUT2D eigenvalue weighted by molar-refractivity contribution is -0.114. The van der Waals surface area contributed by atoms with Crippen LogP contribution in [0.25, 0.3) is 0 Å². The van der Waals surface area contributed by atoms with Crippen molar-refractivity contribution in [1.29, 1.82) is 0 Å². The van der Waals surface area contributed by atoms with Crippen LogP contribution in [0.5, 0.6) is 0 Å². The first-order valence-electron chi connectivity index (χ1n) is 3.86. The van der Waals surface area contributed by atoms with Gasteiger partial charge in [0.25, 0.3) is 5.91 Å². The third kappa shape index (κ3) is 3.29. The Balaban J connectivity index is 2.82. The molecule has 1 aromatic rings. The van der Waals surface area contributed by atoms with Crippen LogP contribution in [0.3, 0.4) is 0 Å². The molecule has 0 aliphatic rings. The zero-order valence-electron chi connectivity index (χ0n) is 7.35. The van der Waals surface area contributed by atoms with Crippen LogP contribution in [-0.4, -0.2) is 10.7 Å². The van der Waals surface area contributed by atoms with Crippen LogP contribution in [0.2, 0.25) is 0 Å². The summed E-state index contributed by atoms with van der Waals surface area (Å²) in [7, 11) is 0. The molecule has 0 fully saturated rings. The van der Waals surface area contributed by atoms with Gasteiger partial charge in [0.1, 0.15) is 0 Å². The van der Waals surface area contributed by atoms with E-state index in [0.717, 1.165) is 14.8 Å². The highest BCUT2D eigenvalue weighted by Gasteiger charge is 2.12. The summed E-state index contributed by atoms with van der Waals surface area (Å²) in [4.78, 5) is 10.1. The summed E-state index contributed by atoms with van der Waals surface area (Å²) in [6.07, 6.45) is 0. The molecule has 0 aromatic heterocycles. The Bertz CT molecular complexity index is 355. The molecule has 5 heteroatoms. The van der Waals surface area contributed by atoms with Crippen LogP contribution < -0.4 is 5.32 Å². The first-order valence-corrected chi connectivity index (χ1v) is 5.81. The predicted octanol–water partition coefficient (Wildman–Crippen LogP) is 3.34. The van der Waals surface area contributed by atoms with E-state index < -0.39 is 10.7 Å². The van der Waals surface area contributed by atoms with Gasteiger partial charge in [-0.1, -0.05) is 29.3 Å². The molecule has 0 saturated carbocycles. The first-order chi connectivity index (χ1) is 6.50. The van der Waals surface area contributed by atoms with Crippen molar-refractivity contribution in [2.75, 3.05) is 5.32 Å². The van der Waals surface area contributed by atoms with E-state index in [1.54, 1.807) is 0 Å². The minimum Gasteiger partial charge on any atom is -0.323 e. The van der Waals surface area contributed by atoms with Gasteiger partial charge in [-0.3, -0.25) is 4.79 Å². The van der Waals surface area contributed by atoms with Crippen LogP contribution in [0.15, 0.2) is 18.2 Å². The number of amides is 1.